The van der Waals surface area contributed by atoms with E-state index in [1.165, 1.54) is 12.1 Å². The smallest absolute Gasteiger partial charge is 0.256 e. The van der Waals surface area contributed by atoms with E-state index >= 15 is 8.78 Å². The molecule has 10 heteroatoms. The molecule has 1 N–H and O–H groups in total. The number of hydrogen-bond acceptors (Lipinski definition) is 6. The van der Waals surface area contributed by atoms with Crippen molar-refractivity contribution in [3.63, 3.8) is 0 Å². The van der Waals surface area contributed by atoms with Gasteiger partial charge in [-0.25, -0.2) is 13.8 Å². The van der Waals surface area contributed by atoms with Gasteiger partial charge < -0.3 is 15.1 Å². The summed E-state index contributed by atoms with van der Waals surface area (Å²) in [4.78, 5) is 39.8. The molecule has 4 rings (SSSR count). The van der Waals surface area contributed by atoms with Crippen LogP contribution in [0, 0.1) is 18.6 Å². The van der Waals surface area contributed by atoms with Crippen LogP contribution in [0.1, 0.15) is 63.9 Å². The molecule has 0 aliphatic carbocycles. The Hall–Kier alpha value is -4.18. The second kappa shape index (κ2) is 16.0. The molecule has 0 bridgehead atoms. The quantitative estimate of drug-likeness (QED) is 0.181. The van der Waals surface area contributed by atoms with Crippen molar-refractivity contribution in [2.45, 2.75) is 54.9 Å². The lowest BCUT2D eigenvalue weighted by molar-refractivity contribution is 0.0773. The Morgan fingerprint density at radius 3 is 2.18 bits per heavy atom. The van der Waals surface area contributed by atoms with E-state index in [4.69, 9.17) is 4.98 Å². The van der Waals surface area contributed by atoms with Gasteiger partial charge in [0.15, 0.2) is 5.65 Å². The monoisotopic (exact) mass is 606 g/mol. The van der Waals surface area contributed by atoms with Gasteiger partial charge in [0.05, 0.1) is 5.69 Å². The molecule has 0 spiro atoms. The number of nitrogens with zero attached hydrogens (tertiary/aromatic N) is 5. The molecule has 0 fully saturated rings. The van der Waals surface area contributed by atoms with Gasteiger partial charge in [0.1, 0.15) is 17.3 Å². The lowest BCUT2D eigenvalue weighted by Crippen LogP contribution is -2.30. The summed E-state index contributed by atoms with van der Waals surface area (Å²) in [6.07, 6.45) is 0.814. The van der Waals surface area contributed by atoms with Gasteiger partial charge >= 0.3 is 0 Å². The van der Waals surface area contributed by atoms with Crippen molar-refractivity contribution < 1.29 is 13.6 Å². The number of nitrogens with one attached hydrogen (secondary N) is 1. The Labute approximate surface area is 258 Å². The Kier molecular flexibility index (Phi) is 12.5. The van der Waals surface area contributed by atoms with Gasteiger partial charge in [0, 0.05) is 42.2 Å². The fourth-order valence-corrected chi connectivity index (χ4v) is 5.06. The van der Waals surface area contributed by atoms with Crippen LogP contribution in [0.5, 0.6) is 0 Å². The van der Waals surface area contributed by atoms with Crippen LogP contribution in [-0.2, 0) is 0 Å². The third kappa shape index (κ3) is 7.48. The van der Waals surface area contributed by atoms with Crippen molar-refractivity contribution >= 4 is 22.9 Å². The van der Waals surface area contributed by atoms with Gasteiger partial charge in [-0.3, -0.25) is 14.2 Å². The third-order valence-corrected chi connectivity index (χ3v) is 7.53. The molecule has 0 saturated heterocycles. The highest BCUT2D eigenvalue weighted by Gasteiger charge is 2.21. The zero-order chi connectivity index (χ0) is 32.4. The van der Waals surface area contributed by atoms with Gasteiger partial charge in [-0.15, -0.1) is 0 Å². The highest BCUT2D eigenvalue weighted by Crippen LogP contribution is 2.32. The number of carbonyl (C=O) groups excluding carboxylic acids is 1. The van der Waals surface area contributed by atoms with E-state index in [9.17, 15) is 9.59 Å². The molecule has 2 heterocycles. The van der Waals surface area contributed by atoms with Gasteiger partial charge in [-0.1, -0.05) is 39.8 Å². The predicted molar refractivity (Wildman–Crippen MR) is 175 cm³/mol. The molecule has 8 nitrogen and oxygen atoms in total. The fourth-order valence-electron chi connectivity index (χ4n) is 5.06. The molecule has 0 atom stereocenters. The van der Waals surface area contributed by atoms with E-state index in [-0.39, 0.29) is 17.5 Å². The van der Waals surface area contributed by atoms with Crippen LogP contribution >= 0.6 is 0 Å². The summed E-state index contributed by atoms with van der Waals surface area (Å²) in [7, 11) is 0. The zero-order valence-electron chi connectivity index (χ0n) is 26.9. The number of benzene rings is 2. The minimum atomic E-state index is -0.888. The van der Waals surface area contributed by atoms with Gasteiger partial charge in [-0.2, -0.15) is 4.98 Å². The first-order valence-electron chi connectivity index (χ1n) is 15.5. The Morgan fingerprint density at radius 1 is 0.909 bits per heavy atom. The summed E-state index contributed by atoms with van der Waals surface area (Å²) in [6.45, 7) is 18.4. The van der Waals surface area contributed by atoms with E-state index in [1.54, 1.807) is 23.1 Å². The maximum absolute atomic E-state index is 15.0. The SMILES string of the molecule is CC.CCN(CC)CCCNc1nc(-c2cc(C(=O)N(CC)CC)ccc2C)c2ccc(=O)n(-c3c(F)cccc3F)c2n1. The second-order valence-corrected chi connectivity index (χ2v) is 10.0. The molecule has 0 aliphatic heterocycles. The fraction of sp³-hybridized carbons (Fsp3) is 0.412. The predicted octanol–water partition coefficient (Wildman–Crippen LogP) is 6.69. The van der Waals surface area contributed by atoms with Gasteiger partial charge in [-0.05, 0) is 82.7 Å². The van der Waals surface area contributed by atoms with Crippen molar-refractivity contribution in [2.75, 3.05) is 44.6 Å². The second-order valence-electron chi connectivity index (χ2n) is 10.0. The third-order valence-electron chi connectivity index (χ3n) is 7.53. The first-order chi connectivity index (χ1) is 21.2. The first-order valence-corrected chi connectivity index (χ1v) is 15.5. The van der Waals surface area contributed by atoms with E-state index in [0.717, 1.165) is 48.3 Å². The van der Waals surface area contributed by atoms with E-state index in [0.29, 0.717) is 41.8 Å². The summed E-state index contributed by atoms with van der Waals surface area (Å²) < 4.78 is 31.0. The first kappa shape index (κ1) is 34.3. The van der Waals surface area contributed by atoms with Crippen molar-refractivity contribution in [1.29, 1.82) is 0 Å². The van der Waals surface area contributed by atoms with E-state index < -0.39 is 22.9 Å². The number of aromatic nitrogens is 3. The maximum atomic E-state index is 15.0. The molecule has 0 saturated carbocycles. The summed E-state index contributed by atoms with van der Waals surface area (Å²) in [5.74, 6) is -1.67. The topological polar surface area (TPSA) is 83.4 Å². The molecule has 44 heavy (non-hydrogen) atoms. The number of anilines is 1. The van der Waals surface area contributed by atoms with Gasteiger partial charge in [0.25, 0.3) is 11.5 Å². The number of aryl methyl sites for hydroxylation is 1. The van der Waals surface area contributed by atoms with Crippen LogP contribution in [-0.4, -0.2) is 69.5 Å². The van der Waals surface area contributed by atoms with Crippen molar-refractivity contribution in [1.82, 2.24) is 24.3 Å². The minimum absolute atomic E-state index is 0.0580. The standard InChI is InChI=1S/C32H38F2N6O2.C2H6/c1-6-38(7-2)19-11-18-35-32-36-28(24-20-22(15-14-21(24)5)31(42)39(8-3)9-4)23-16-17-27(41)40(30(23)37-32)29-25(33)12-10-13-26(29)34;1-2/h10,12-17,20H,6-9,11,18-19H2,1-5H3,(H,35,36,37);1-2H3. The Balaban J connectivity index is 0.00000259. The van der Waals surface area contributed by atoms with Crippen LogP contribution in [0.3, 0.4) is 0 Å². The van der Waals surface area contributed by atoms with Crippen LogP contribution in [0.2, 0.25) is 0 Å². The number of hydrogen-bond donors (Lipinski definition) is 1. The molecule has 236 valence electrons. The number of para-hydroxylation sites is 1. The Bertz CT molecular complexity index is 1610. The number of pyridine rings is 1. The maximum Gasteiger partial charge on any atom is 0.256 e. The number of carbonyl (C=O) groups is 1. The summed E-state index contributed by atoms with van der Waals surface area (Å²) in [5, 5.41) is 3.66. The minimum Gasteiger partial charge on any atom is -0.354 e. The molecule has 1 amide bonds. The van der Waals surface area contributed by atoms with Crippen LogP contribution in [0.15, 0.2) is 53.3 Å². The van der Waals surface area contributed by atoms with Crippen LogP contribution in [0.25, 0.3) is 28.0 Å². The summed E-state index contributed by atoms with van der Waals surface area (Å²) in [5.41, 5.74) is 1.36. The highest BCUT2D eigenvalue weighted by atomic mass is 19.1. The van der Waals surface area contributed by atoms with Crippen LogP contribution < -0.4 is 10.9 Å². The molecule has 0 unspecified atom stereocenters. The average molecular weight is 607 g/mol. The van der Waals surface area contributed by atoms with E-state index in [2.05, 4.69) is 29.0 Å². The molecule has 0 aliphatic rings. The van der Waals surface area contributed by atoms with Crippen molar-refractivity contribution in [3.8, 4) is 16.9 Å². The lowest BCUT2D eigenvalue weighted by atomic mass is 9.99. The van der Waals surface area contributed by atoms with Crippen molar-refractivity contribution in [2.24, 2.45) is 0 Å². The Morgan fingerprint density at radius 2 is 1.57 bits per heavy atom. The molecule has 2 aromatic carbocycles. The molecule has 2 aromatic heterocycles. The van der Waals surface area contributed by atoms with Crippen molar-refractivity contribution in [3.05, 3.63) is 81.6 Å². The highest BCUT2D eigenvalue weighted by molar-refractivity contribution is 5.98. The number of rotatable bonds is 12. The molecule has 4 aromatic rings. The lowest BCUT2D eigenvalue weighted by Gasteiger charge is -2.20. The van der Waals surface area contributed by atoms with Crippen LogP contribution in [0.4, 0.5) is 14.7 Å². The normalized spacial score (nSPS) is 11.0. The molecule has 0 radical (unpaired) electrons. The number of amides is 1. The largest absolute Gasteiger partial charge is 0.354 e. The van der Waals surface area contributed by atoms with Gasteiger partial charge in [0.2, 0.25) is 5.95 Å². The van der Waals surface area contributed by atoms with E-state index in [1.807, 2.05) is 40.7 Å². The number of fused-ring (bicyclic) bond motifs is 1. The average Bonchev–Trinajstić information content (AvgIpc) is 3.03. The summed E-state index contributed by atoms with van der Waals surface area (Å²) in [6, 6.07) is 11.7. The number of halogens is 2. The molecular weight excluding hydrogens is 562 g/mol. The molecular formula is C34H44F2N6O2. The zero-order valence-corrected chi connectivity index (χ0v) is 26.9. The summed E-state index contributed by atoms with van der Waals surface area (Å²) >= 11 is 0.